The van der Waals surface area contributed by atoms with Crippen LogP contribution in [-0.2, 0) is 32.1 Å². The van der Waals surface area contributed by atoms with Gasteiger partial charge in [-0.1, -0.05) is 24.9 Å². The van der Waals surface area contributed by atoms with Gasteiger partial charge in [-0.2, -0.15) is 44.3 Å². The third-order valence-electron chi connectivity index (χ3n) is 9.52. The van der Waals surface area contributed by atoms with E-state index in [2.05, 4.69) is 20.3 Å². The van der Waals surface area contributed by atoms with Crippen molar-refractivity contribution in [3.63, 3.8) is 0 Å². The van der Waals surface area contributed by atoms with E-state index in [-0.39, 0.29) is 48.1 Å². The molecule has 16 heteroatoms. The van der Waals surface area contributed by atoms with Crippen LogP contribution < -0.4 is 9.80 Å². The lowest BCUT2D eigenvalue weighted by atomic mass is 9.79. The molecular formula is C32H37F9N6O. The summed E-state index contributed by atoms with van der Waals surface area (Å²) in [6.07, 6.45) is -9.74. The lowest BCUT2D eigenvalue weighted by Crippen LogP contribution is -2.47. The minimum Gasteiger partial charge on any atom is -0.396 e. The van der Waals surface area contributed by atoms with Crippen molar-refractivity contribution in [1.29, 1.82) is 0 Å². The molecule has 1 N–H and O–H groups in total. The quantitative estimate of drug-likeness (QED) is 0.228. The Labute approximate surface area is 271 Å². The van der Waals surface area contributed by atoms with E-state index < -0.39 is 47.8 Å². The second-order valence-electron chi connectivity index (χ2n) is 12.8. The molecule has 0 unspecified atom stereocenters. The highest BCUT2D eigenvalue weighted by molar-refractivity contribution is 5.62. The Morgan fingerprint density at radius 3 is 1.96 bits per heavy atom. The molecule has 264 valence electrons. The zero-order chi connectivity index (χ0) is 35.0. The maximum Gasteiger partial charge on any atom is 0.416 e. The predicted octanol–water partition coefficient (Wildman–Crippen LogP) is 8.19. The van der Waals surface area contributed by atoms with Gasteiger partial charge in [-0.15, -0.1) is 5.10 Å². The Hall–Kier alpha value is -3.56. The van der Waals surface area contributed by atoms with Crippen LogP contribution in [0.15, 0.2) is 36.4 Å². The number of tetrazole rings is 1. The molecule has 0 amide bonds. The number of halogens is 9. The normalized spacial score (nSPS) is 22.1. The maximum atomic E-state index is 14.1. The highest BCUT2D eigenvalue weighted by Gasteiger charge is 2.41. The molecular weight excluding hydrogens is 655 g/mol. The third kappa shape index (κ3) is 8.00. The number of benzene rings is 2. The van der Waals surface area contributed by atoms with Crippen molar-refractivity contribution in [2.45, 2.75) is 89.0 Å². The number of aryl methyl sites for hydroxylation is 1. The average Bonchev–Trinajstić information content (AvgIpc) is 3.45. The number of rotatable bonds is 9. The summed E-state index contributed by atoms with van der Waals surface area (Å²) in [4.78, 5) is 4.50. The Kier molecular flexibility index (Phi) is 10.2. The smallest absolute Gasteiger partial charge is 0.396 e. The van der Waals surface area contributed by atoms with Gasteiger partial charge in [0, 0.05) is 31.4 Å². The number of aliphatic hydroxyl groups is 1. The molecule has 0 saturated heterocycles. The largest absolute Gasteiger partial charge is 0.416 e. The molecule has 1 aromatic heterocycles. The number of aromatic nitrogens is 4. The fourth-order valence-corrected chi connectivity index (χ4v) is 7.08. The Balaban J connectivity index is 1.60. The van der Waals surface area contributed by atoms with Crippen molar-refractivity contribution in [3.05, 3.63) is 64.2 Å². The van der Waals surface area contributed by atoms with Crippen LogP contribution in [0.5, 0.6) is 0 Å². The molecule has 1 fully saturated rings. The van der Waals surface area contributed by atoms with Gasteiger partial charge in [-0.3, -0.25) is 0 Å². The van der Waals surface area contributed by atoms with Gasteiger partial charge in [0.1, 0.15) is 0 Å². The highest BCUT2D eigenvalue weighted by atomic mass is 19.4. The maximum absolute atomic E-state index is 14.1. The number of alkyl halides is 9. The molecule has 0 radical (unpaired) electrons. The van der Waals surface area contributed by atoms with E-state index in [0.717, 1.165) is 49.0 Å². The molecule has 1 saturated carbocycles. The van der Waals surface area contributed by atoms with Crippen LogP contribution in [0.3, 0.4) is 0 Å². The molecule has 2 aromatic carbocycles. The fourth-order valence-electron chi connectivity index (χ4n) is 7.08. The minimum atomic E-state index is -5.09. The summed E-state index contributed by atoms with van der Waals surface area (Å²) >= 11 is 0. The topological polar surface area (TPSA) is 70.3 Å². The molecule has 48 heavy (non-hydrogen) atoms. The lowest BCUT2D eigenvalue weighted by Gasteiger charge is -2.47. The van der Waals surface area contributed by atoms with Crippen molar-refractivity contribution in [2.75, 3.05) is 23.0 Å². The van der Waals surface area contributed by atoms with Gasteiger partial charge in [0.05, 0.1) is 29.8 Å². The first-order chi connectivity index (χ1) is 22.5. The minimum absolute atomic E-state index is 0.0300. The van der Waals surface area contributed by atoms with Crippen LogP contribution in [-0.4, -0.2) is 44.5 Å². The van der Waals surface area contributed by atoms with Gasteiger partial charge in [0.25, 0.3) is 5.95 Å². The van der Waals surface area contributed by atoms with Crippen LogP contribution in [0.4, 0.5) is 51.1 Å². The van der Waals surface area contributed by atoms with E-state index in [9.17, 15) is 44.6 Å². The van der Waals surface area contributed by atoms with Crippen molar-refractivity contribution < 1.29 is 44.6 Å². The average molecular weight is 693 g/mol. The standard InChI is InChI=1S/C32H37F9N6O/c1-3-25-16-28(26-15-22(30(33,34)35)8-9-27(26)46(25)17-20-6-4-19(5-7-20)10-11-48)47(29-42-44-45(2)43-29)18-21-12-23(31(36,37)38)14-24(13-21)32(39,40)41/h8-9,12-15,19-20,25,28,48H,3-7,10-11,16-18H2,1-2H3/t19?,20?,25-,28+/m1/s1. The monoisotopic (exact) mass is 692 g/mol. The second kappa shape index (κ2) is 13.7. The number of hydrogen-bond donors (Lipinski definition) is 1. The third-order valence-corrected chi connectivity index (χ3v) is 9.52. The SMILES string of the molecule is CC[C@@H]1C[C@H](N(Cc2cc(C(F)(F)F)cc(C(F)(F)F)c2)c2nnn(C)n2)c2cc(C(F)(F)F)ccc2N1CC1CCC(CCO)CC1. The summed E-state index contributed by atoms with van der Waals surface area (Å²) in [6, 6.07) is 3.47. The molecule has 0 spiro atoms. The van der Waals surface area contributed by atoms with E-state index in [1.54, 1.807) is 0 Å². The van der Waals surface area contributed by atoms with E-state index in [4.69, 9.17) is 0 Å². The Morgan fingerprint density at radius 1 is 0.833 bits per heavy atom. The Bertz CT molecular complexity index is 1510. The summed E-state index contributed by atoms with van der Waals surface area (Å²) in [6.45, 7) is 2.05. The van der Waals surface area contributed by atoms with E-state index >= 15 is 0 Å². The van der Waals surface area contributed by atoms with Crippen LogP contribution >= 0.6 is 0 Å². The summed E-state index contributed by atoms with van der Waals surface area (Å²) < 4.78 is 125. The zero-order valence-electron chi connectivity index (χ0n) is 26.4. The summed E-state index contributed by atoms with van der Waals surface area (Å²) in [7, 11) is 1.42. The van der Waals surface area contributed by atoms with Gasteiger partial charge in [-0.25, -0.2) is 0 Å². The lowest BCUT2D eigenvalue weighted by molar-refractivity contribution is -0.143. The number of hydrogen-bond acceptors (Lipinski definition) is 6. The molecule has 2 heterocycles. The van der Waals surface area contributed by atoms with Gasteiger partial charge in [0.15, 0.2) is 0 Å². The molecule has 5 rings (SSSR count). The van der Waals surface area contributed by atoms with Gasteiger partial charge >= 0.3 is 18.5 Å². The van der Waals surface area contributed by atoms with Crippen LogP contribution in [0.1, 0.15) is 85.7 Å². The predicted molar refractivity (Wildman–Crippen MR) is 159 cm³/mol. The van der Waals surface area contributed by atoms with Gasteiger partial charge in [-0.05, 0) is 96.7 Å². The Morgan fingerprint density at radius 2 is 1.44 bits per heavy atom. The number of anilines is 2. The van der Waals surface area contributed by atoms with E-state index in [1.807, 2.05) is 6.92 Å². The molecule has 0 bridgehead atoms. The number of fused-ring (bicyclic) bond motifs is 1. The first-order valence-corrected chi connectivity index (χ1v) is 15.9. The fraction of sp³-hybridized carbons (Fsp3) is 0.594. The van der Waals surface area contributed by atoms with Crippen LogP contribution in [0, 0.1) is 11.8 Å². The number of nitrogens with zero attached hydrogens (tertiary/aromatic N) is 6. The zero-order valence-corrected chi connectivity index (χ0v) is 26.4. The van der Waals surface area contributed by atoms with Crippen molar-refractivity contribution >= 4 is 11.6 Å². The molecule has 3 aromatic rings. The van der Waals surface area contributed by atoms with Crippen molar-refractivity contribution in [3.8, 4) is 0 Å². The molecule has 2 aliphatic rings. The van der Waals surface area contributed by atoms with Gasteiger partial charge < -0.3 is 14.9 Å². The first-order valence-electron chi connectivity index (χ1n) is 15.9. The van der Waals surface area contributed by atoms with E-state index in [1.165, 1.54) is 18.0 Å². The molecule has 7 nitrogen and oxygen atoms in total. The number of aliphatic hydroxyl groups excluding tert-OH is 1. The summed E-state index contributed by atoms with van der Waals surface area (Å²) in [5.41, 5.74) is -3.58. The molecule has 2 atom stereocenters. The highest BCUT2D eigenvalue weighted by Crippen LogP contribution is 2.47. The van der Waals surface area contributed by atoms with Crippen LogP contribution in [0.25, 0.3) is 0 Å². The van der Waals surface area contributed by atoms with Gasteiger partial charge in [0.2, 0.25) is 0 Å². The first kappa shape index (κ1) is 35.7. The van der Waals surface area contributed by atoms with Crippen LogP contribution in [0.2, 0.25) is 0 Å². The van der Waals surface area contributed by atoms with E-state index in [0.29, 0.717) is 36.7 Å². The van der Waals surface area contributed by atoms with Crippen molar-refractivity contribution in [1.82, 2.24) is 20.2 Å². The molecule has 1 aliphatic carbocycles. The molecule has 1 aliphatic heterocycles. The van der Waals surface area contributed by atoms with Crippen molar-refractivity contribution in [2.24, 2.45) is 18.9 Å². The summed E-state index contributed by atoms with van der Waals surface area (Å²) in [5.74, 6) is 0.522. The second-order valence-corrected chi connectivity index (χ2v) is 12.8. The summed E-state index contributed by atoms with van der Waals surface area (Å²) in [5, 5.41) is 21.3.